The quantitative estimate of drug-likeness (QED) is 0.809. The van der Waals surface area contributed by atoms with Crippen LogP contribution < -0.4 is 5.32 Å². The van der Waals surface area contributed by atoms with E-state index in [1.54, 1.807) is 0 Å². The minimum Gasteiger partial charge on any atom is -0.313 e. The van der Waals surface area contributed by atoms with E-state index in [1.165, 1.54) is 22.3 Å². The van der Waals surface area contributed by atoms with Gasteiger partial charge in [0.25, 0.3) is 0 Å². The minimum absolute atomic E-state index is 0.374. The smallest absolute Gasteiger partial charge is 0.0358 e. The summed E-state index contributed by atoms with van der Waals surface area (Å²) in [6, 6.07) is 18.2. The lowest BCUT2D eigenvalue weighted by molar-refractivity contribution is 0.589. The van der Waals surface area contributed by atoms with Crippen LogP contribution in [0.1, 0.15) is 42.1 Å². The summed E-state index contributed by atoms with van der Waals surface area (Å²) in [7, 11) is 2.05. The molecule has 0 spiro atoms. The SMILES string of the molecule is CNC(Cc1cccc(C)c1)c1cccc(CC(C)C)c1. The van der Waals surface area contributed by atoms with Gasteiger partial charge in [-0.05, 0) is 49.4 Å². The lowest BCUT2D eigenvalue weighted by Gasteiger charge is -2.18. The molecule has 1 nitrogen and oxygen atoms in total. The molecule has 21 heavy (non-hydrogen) atoms. The molecule has 0 aliphatic heterocycles. The second-order valence-electron chi connectivity index (χ2n) is 6.38. The third-order valence-corrected chi connectivity index (χ3v) is 3.87. The summed E-state index contributed by atoms with van der Waals surface area (Å²) in [5.41, 5.74) is 5.55. The van der Waals surface area contributed by atoms with E-state index in [-0.39, 0.29) is 0 Å². The van der Waals surface area contributed by atoms with Crippen LogP contribution in [0, 0.1) is 12.8 Å². The second-order valence-corrected chi connectivity index (χ2v) is 6.38. The van der Waals surface area contributed by atoms with Crippen molar-refractivity contribution in [1.29, 1.82) is 0 Å². The Morgan fingerprint density at radius 1 is 0.905 bits per heavy atom. The molecule has 2 aromatic rings. The molecular formula is C20H27N. The summed E-state index contributed by atoms with van der Waals surface area (Å²) in [6.07, 6.45) is 2.18. The lowest BCUT2D eigenvalue weighted by Crippen LogP contribution is -2.19. The van der Waals surface area contributed by atoms with E-state index < -0.39 is 0 Å². The third kappa shape index (κ3) is 4.71. The number of likely N-dealkylation sites (N-methyl/N-ethyl adjacent to an activating group) is 1. The Morgan fingerprint density at radius 3 is 2.19 bits per heavy atom. The van der Waals surface area contributed by atoms with Crippen LogP contribution in [-0.4, -0.2) is 7.05 Å². The molecule has 0 aliphatic rings. The average molecular weight is 281 g/mol. The summed E-state index contributed by atoms with van der Waals surface area (Å²) in [5.74, 6) is 0.699. The van der Waals surface area contributed by atoms with E-state index in [0.29, 0.717) is 12.0 Å². The van der Waals surface area contributed by atoms with E-state index >= 15 is 0 Å². The molecule has 2 rings (SSSR count). The normalized spacial score (nSPS) is 12.6. The Morgan fingerprint density at radius 2 is 1.57 bits per heavy atom. The highest BCUT2D eigenvalue weighted by Crippen LogP contribution is 2.21. The van der Waals surface area contributed by atoms with Gasteiger partial charge in [-0.25, -0.2) is 0 Å². The second kappa shape index (κ2) is 7.42. The Kier molecular flexibility index (Phi) is 5.58. The molecule has 0 fully saturated rings. The molecule has 2 aromatic carbocycles. The van der Waals surface area contributed by atoms with Crippen LogP contribution in [0.15, 0.2) is 48.5 Å². The minimum atomic E-state index is 0.374. The number of hydrogen-bond donors (Lipinski definition) is 1. The third-order valence-electron chi connectivity index (χ3n) is 3.87. The standard InChI is InChI=1S/C20H27N/c1-15(2)11-17-9-6-10-19(13-17)20(21-4)14-18-8-5-7-16(3)12-18/h5-10,12-13,15,20-21H,11,14H2,1-4H3. The van der Waals surface area contributed by atoms with E-state index in [2.05, 4.69) is 81.7 Å². The Balaban J connectivity index is 2.17. The van der Waals surface area contributed by atoms with Crippen LogP contribution in [0.3, 0.4) is 0 Å². The van der Waals surface area contributed by atoms with Crippen LogP contribution in [0.4, 0.5) is 0 Å². The van der Waals surface area contributed by atoms with E-state index in [0.717, 1.165) is 12.8 Å². The molecule has 0 aromatic heterocycles. The molecule has 0 heterocycles. The van der Waals surface area contributed by atoms with Crippen molar-refractivity contribution in [1.82, 2.24) is 5.32 Å². The maximum Gasteiger partial charge on any atom is 0.0358 e. The predicted molar refractivity (Wildman–Crippen MR) is 91.7 cm³/mol. The fraction of sp³-hybridized carbons (Fsp3) is 0.400. The Labute approximate surface area is 129 Å². The van der Waals surface area contributed by atoms with E-state index in [1.807, 2.05) is 0 Å². The van der Waals surface area contributed by atoms with Crippen LogP contribution in [0.25, 0.3) is 0 Å². The van der Waals surface area contributed by atoms with Crippen molar-refractivity contribution in [3.8, 4) is 0 Å². The molecular weight excluding hydrogens is 254 g/mol. The fourth-order valence-electron chi connectivity index (χ4n) is 2.87. The summed E-state index contributed by atoms with van der Waals surface area (Å²) >= 11 is 0. The summed E-state index contributed by atoms with van der Waals surface area (Å²) in [4.78, 5) is 0. The van der Waals surface area contributed by atoms with Crippen molar-refractivity contribution in [2.24, 2.45) is 5.92 Å². The molecule has 0 amide bonds. The van der Waals surface area contributed by atoms with E-state index in [9.17, 15) is 0 Å². The van der Waals surface area contributed by atoms with Crippen LogP contribution in [0.5, 0.6) is 0 Å². The van der Waals surface area contributed by atoms with Gasteiger partial charge in [-0.3, -0.25) is 0 Å². The monoisotopic (exact) mass is 281 g/mol. The first-order chi connectivity index (χ1) is 10.1. The predicted octanol–water partition coefficient (Wildman–Crippen LogP) is 4.70. The zero-order valence-electron chi connectivity index (χ0n) is 13.7. The molecule has 1 heteroatoms. The first-order valence-corrected chi connectivity index (χ1v) is 7.90. The van der Waals surface area contributed by atoms with Gasteiger partial charge in [-0.2, -0.15) is 0 Å². The van der Waals surface area contributed by atoms with Crippen molar-refractivity contribution in [2.75, 3.05) is 7.05 Å². The molecule has 1 atom stereocenters. The summed E-state index contributed by atoms with van der Waals surface area (Å²) in [6.45, 7) is 6.70. The maximum absolute atomic E-state index is 3.47. The van der Waals surface area contributed by atoms with Gasteiger partial charge in [0, 0.05) is 6.04 Å². The number of nitrogens with one attached hydrogen (secondary N) is 1. The average Bonchev–Trinajstić information content (AvgIpc) is 2.44. The maximum atomic E-state index is 3.47. The van der Waals surface area contributed by atoms with Gasteiger partial charge in [-0.1, -0.05) is 67.9 Å². The van der Waals surface area contributed by atoms with Gasteiger partial charge in [0.05, 0.1) is 0 Å². The van der Waals surface area contributed by atoms with Gasteiger partial charge >= 0.3 is 0 Å². The first kappa shape index (κ1) is 15.8. The lowest BCUT2D eigenvalue weighted by atomic mass is 9.94. The number of rotatable bonds is 6. The van der Waals surface area contributed by atoms with Crippen LogP contribution in [0.2, 0.25) is 0 Å². The number of benzene rings is 2. The summed E-state index contributed by atoms with van der Waals surface area (Å²) in [5, 5.41) is 3.47. The molecule has 1 N–H and O–H groups in total. The van der Waals surface area contributed by atoms with Gasteiger partial charge in [-0.15, -0.1) is 0 Å². The Hall–Kier alpha value is -1.60. The first-order valence-electron chi connectivity index (χ1n) is 7.90. The molecule has 1 unspecified atom stereocenters. The number of hydrogen-bond acceptors (Lipinski definition) is 1. The van der Waals surface area contributed by atoms with Gasteiger partial charge in [0.2, 0.25) is 0 Å². The molecule has 0 bridgehead atoms. The molecule has 0 saturated carbocycles. The van der Waals surface area contributed by atoms with Crippen molar-refractivity contribution in [3.63, 3.8) is 0 Å². The number of aryl methyl sites for hydroxylation is 1. The largest absolute Gasteiger partial charge is 0.313 e. The summed E-state index contributed by atoms with van der Waals surface area (Å²) < 4.78 is 0. The van der Waals surface area contributed by atoms with Crippen molar-refractivity contribution in [2.45, 2.75) is 39.7 Å². The highest BCUT2D eigenvalue weighted by molar-refractivity contribution is 5.29. The van der Waals surface area contributed by atoms with Crippen molar-refractivity contribution in [3.05, 3.63) is 70.8 Å². The van der Waals surface area contributed by atoms with Gasteiger partial charge in [0.1, 0.15) is 0 Å². The van der Waals surface area contributed by atoms with Gasteiger partial charge < -0.3 is 5.32 Å². The Bertz CT molecular complexity index is 572. The van der Waals surface area contributed by atoms with Crippen molar-refractivity contribution < 1.29 is 0 Å². The van der Waals surface area contributed by atoms with Crippen LogP contribution in [-0.2, 0) is 12.8 Å². The van der Waals surface area contributed by atoms with Gasteiger partial charge in [0.15, 0.2) is 0 Å². The molecule has 112 valence electrons. The van der Waals surface area contributed by atoms with Crippen molar-refractivity contribution >= 4 is 0 Å². The topological polar surface area (TPSA) is 12.0 Å². The van der Waals surface area contributed by atoms with E-state index in [4.69, 9.17) is 0 Å². The molecule has 0 aliphatic carbocycles. The zero-order chi connectivity index (χ0) is 15.2. The molecule has 0 saturated heterocycles. The zero-order valence-corrected chi connectivity index (χ0v) is 13.7. The fourth-order valence-corrected chi connectivity index (χ4v) is 2.87. The van der Waals surface area contributed by atoms with Crippen LogP contribution >= 0.6 is 0 Å². The highest BCUT2D eigenvalue weighted by atomic mass is 14.9. The highest BCUT2D eigenvalue weighted by Gasteiger charge is 2.11. The molecule has 0 radical (unpaired) electrons.